The largest absolute Gasteiger partial charge is 0.462 e. The molecule has 0 aliphatic carbocycles. The molecule has 0 amide bonds. The Hall–Kier alpha value is -2.92. The zero-order valence-electron chi connectivity index (χ0n) is 14.5. The molecule has 5 nitrogen and oxygen atoms in total. The Morgan fingerprint density at radius 3 is 2.42 bits per heavy atom. The summed E-state index contributed by atoms with van der Waals surface area (Å²) < 4.78 is 4.99. The molecule has 0 saturated heterocycles. The summed E-state index contributed by atoms with van der Waals surface area (Å²) in [4.78, 5) is 20.7. The van der Waals surface area contributed by atoms with Crippen molar-refractivity contribution in [3.63, 3.8) is 0 Å². The van der Waals surface area contributed by atoms with Gasteiger partial charge in [-0.3, -0.25) is 0 Å². The van der Waals surface area contributed by atoms with Gasteiger partial charge >= 0.3 is 5.97 Å². The van der Waals surface area contributed by atoms with Crippen LogP contribution in [0.3, 0.4) is 0 Å². The molecule has 0 spiro atoms. The number of halogens is 1. The number of hydrogen-bond donors (Lipinski definition) is 1. The number of ether oxygens (including phenoxy) is 1. The SMILES string of the molecule is CCOC(=O)c1ccc(Nc2cc(C)nc(-c3ccc(Cl)cc3)n2)cc1. The van der Waals surface area contributed by atoms with E-state index in [0.717, 1.165) is 16.9 Å². The fourth-order valence-corrected chi connectivity index (χ4v) is 2.54. The predicted molar refractivity (Wildman–Crippen MR) is 103 cm³/mol. The summed E-state index contributed by atoms with van der Waals surface area (Å²) in [6.07, 6.45) is 0. The van der Waals surface area contributed by atoms with E-state index in [1.165, 1.54) is 0 Å². The Balaban J connectivity index is 1.81. The molecule has 0 aliphatic heterocycles. The molecular weight excluding hydrogens is 350 g/mol. The monoisotopic (exact) mass is 367 g/mol. The maximum Gasteiger partial charge on any atom is 0.338 e. The lowest BCUT2D eigenvalue weighted by Gasteiger charge is -2.09. The van der Waals surface area contributed by atoms with Gasteiger partial charge in [-0.15, -0.1) is 0 Å². The van der Waals surface area contributed by atoms with Crippen molar-refractivity contribution in [1.82, 2.24) is 9.97 Å². The highest BCUT2D eigenvalue weighted by molar-refractivity contribution is 6.30. The van der Waals surface area contributed by atoms with Crippen LogP contribution < -0.4 is 5.32 Å². The molecule has 0 saturated carbocycles. The molecule has 0 aliphatic rings. The standard InChI is InChI=1S/C20H18ClN3O2/c1-3-26-20(25)15-6-10-17(11-7-15)23-18-12-13(2)22-19(24-18)14-4-8-16(21)9-5-14/h4-12H,3H2,1-2H3,(H,22,23,24). The van der Waals surface area contributed by atoms with Crippen molar-refractivity contribution in [1.29, 1.82) is 0 Å². The number of nitrogens with one attached hydrogen (secondary N) is 1. The summed E-state index contributed by atoms with van der Waals surface area (Å²) in [5, 5.41) is 3.90. The van der Waals surface area contributed by atoms with Gasteiger partial charge in [0.05, 0.1) is 12.2 Å². The topological polar surface area (TPSA) is 64.1 Å². The second-order valence-corrected chi connectivity index (χ2v) is 6.08. The number of nitrogens with zero attached hydrogens (tertiary/aromatic N) is 2. The normalized spacial score (nSPS) is 10.4. The van der Waals surface area contributed by atoms with E-state index in [1.54, 1.807) is 19.1 Å². The van der Waals surface area contributed by atoms with Crippen molar-refractivity contribution in [2.75, 3.05) is 11.9 Å². The van der Waals surface area contributed by atoms with Crippen molar-refractivity contribution in [2.24, 2.45) is 0 Å². The molecule has 26 heavy (non-hydrogen) atoms. The lowest BCUT2D eigenvalue weighted by Crippen LogP contribution is -2.04. The fourth-order valence-electron chi connectivity index (χ4n) is 2.41. The summed E-state index contributed by atoms with van der Waals surface area (Å²) in [5.41, 5.74) is 3.06. The Bertz CT molecular complexity index is 909. The highest BCUT2D eigenvalue weighted by Crippen LogP contribution is 2.22. The second-order valence-electron chi connectivity index (χ2n) is 5.65. The van der Waals surface area contributed by atoms with Crippen LogP contribution in [0.15, 0.2) is 54.6 Å². The van der Waals surface area contributed by atoms with Crippen LogP contribution in [0.2, 0.25) is 5.02 Å². The number of carbonyl (C=O) groups is 1. The van der Waals surface area contributed by atoms with Crippen molar-refractivity contribution < 1.29 is 9.53 Å². The van der Waals surface area contributed by atoms with Crippen LogP contribution in [0.4, 0.5) is 11.5 Å². The first-order valence-corrected chi connectivity index (χ1v) is 8.59. The number of rotatable bonds is 5. The zero-order valence-corrected chi connectivity index (χ0v) is 15.2. The third-order valence-electron chi connectivity index (χ3n) is 3.63. The number of hydrogen-bond acceptors (Lipinski definition) is 5. The Morgan fingerprint density at radius 1 is 1.08 bits per heavy atom. The Labute approximate surface area is 157 Å². The van der Waals surface area contributed by atoms with E-state index < -0.39 is 0 Å². The molecule has 1 heterocycles. The van der Waals surface area contributed by atoms with Crippen LogP contribution in [-0.4, -0.2) is 22.5 Å². The second kappa shape index (κ2) is 7.97. The van der Waals surface area contributed by atoms with E-state index in [4.69, 9.17) is 16.3 Å². The van der Waals surface area contributed by atoms with Gasteiger partial charge in [-0.25, -0.2) is 14.8 Å². The number of aryl methyl sites for hydroxylation is 1. The molecule has 0 bridgehead atoms. The molecule has 2 aromatic carbocycles. The summed E-state index contributed by atoms with van der Waals surface area (Å²) in [6, 6.07) is 16.3. The van der Waals surface area contributed by atoms with Gasteiger partial charge in [-0.05, 0) is 62.4 Å². The molecule has 0 radical (unpaired) electrons. The van der Waals surface area contributed by atoms with Gasteiger partial charge in [0.2, 0.25) is 0 Å². The minimum atomic E-state index is -0.332. The van der Waals surface area contributed by atoms with Crippen molar-refractivity contribution in [3.05, 3.63) is 70.9 Å². The van der Waals surface area contributed by atoms with Gasteiger partial charge in [0, 0.05) is 28.0 Å². The number of esters is 1. The number of aromatic nitrogens is 2. The molecule has 3 rings (SSSR count). The van der Waals surface area contributed by atoms with Crippen LogP contribution in [-0.2, 0) is 4.74 Å². The van der Waals surface area contributed by atoms with Crippen molar-refractivity contribution in [2.45, 2.75) is 13.8 Å². The first kappa shape index (κ1) is 17.9. The zero-order chi connectivity index (χ0) is 18.5. The molecule has 1 N–H and O–H groups in total. The third kappa shape index (κ3) is 4.37. The van der Waals surface area contributed by atoms with E-state index in [1.807, 2.05) is 49.4 Å². The van der Waals surface area contributed by atoms with E-state index in [-0.39, 0.29) is 5.97 Å². The van der Waals surface area contributed by atoms with Gasteiger partial charge in [-0.2, -0.15) is 0 Å². The highest BCUT2D eigenvalue weighted by Gasteiger charge is 2.08. The van der Waals surface area contributed by atoms with Gasteiger partial charge in [0.25, 0.3) is 0 Å². The van der Waals surface area contributed by atoms with Crippen molar-refractivity contribution in [3.8, 4) is 11.4 Å². The van der Waals surface area contributed by atoms with E-state index in [2.05, 4.69) is 15.3 Å². The summed E-state index contributed by atoms with van der Waals surface area (Å²) >= 11 is 5.94. The van der Waals surface area contributed by atoms with Gasteiger partial charge in [-0.1, -0.05) is 11.6 Å². The first-order chi connectivity index (χ1) is 12.5. The smallest absolute Gasteiger partial charge is 0.338 e. The van der Waals surface area contributed by atoms with Crippen LogP contribution in [0.5, 0.6) is 0 Å². The number of benzene rings is 2. The maximum atomic E-state index is 11.7. The third-order valence-corrected chi connectivity index (χ3v) is 3.88. The lowest BCUT2D eigenvalue weighted by molar-refractivity contribution is 0.0526. The lowest BCUT2D eigenvalue weighted by atomic mass is 10.2. The molecule has 1 aromatic heterocycles. The molecule has 0 fully saturated rings. The first-order valence-electron chi connectivity index (χ1n) is 8.21. The average molecular weight is 368 g/mol. The van der Waals surface area contributed by atoms with Gasteiger partial charge < -0.3 is 10.1 Å². The molecule has 6 heteroatoms. The molecule has 132 valence electrons. The fraction of sp³-hybridized carbons (Fsp3) is 0.150. The molecule has 0 unspecified atom stereocenters. The van der Waals surface area contributed by atoms with Crippen LogP contribution in [0, 0.1) is 6.92 Å². The number of anilines is 2. The summed E-state index contributed by atoms with van der Waals surface area (Å²) in [5.74, 6) is 0.959. The van der Waals surface area contributed by atoms with Gasteiger partial charge in [0.15, 0.2) is 5.82 Å². The predicted octanol–water partition coefficient (Wildman–Crippen LogP) is 5.03. The molecular formula is C20H18ClN3O2. The Kier molecular flexibility index (Phi) is 5.49. The summed E-state index contributed by atoms with van der Waals surface area (Å²) in [7, 11) is 0. The minimum absolute atomic E-state index is 0.332. The summed E-state index contributed by atoms with van der Waals surface area (Å²) in [6.45, 7) is 4.05. The Morgan fingerprint density at radius 2 is 1.77 bits per heavy atom. The van der Waals surface area contributed by atoms with Gasteiger partial charge in [0.1, 0.15) is 5.82 Å². The van der Waals surface area contributed by atoms with E-state index in [9.17, 15) is 4.79 Å². The molecule has 3 aromatic rings. The number of carbonyl (C=O) groups excluding carboxylic acids is 1. The van der Waals surface area contributed by atoms with E-state index >= 15 is 0 Å². The quantitative estimate of drug-likeness (QED) is 0.641. The van der Waals surface area contributed by atoms with Crippen LogP contribution in [0.1, 0.15) is 23.0 Å². The minimum Gasteiger partial charge on any atom is -0.462 e. The highest BCUT2D eigenvalue weighted by atomic mass is 35.5. The van der Waals surface area contributed by atoms with Crippen LogP contribution in [0.25, 0.3) is 11.4 Å². The molecule has 0 atom stereocenters. The maximum absolute atomic E-state index is 11.7. The average Bonchev–Trinajstić information content (AvgIpc) is 2.62. The van der Waals surface area contributed by atoms with Crippen LogP contribution >= 0.6 is 11.6 Å². The van der Waals surface area contributed by atoms with Crippen molar-refractivity contribution >= 4 is 29.1 Å². The van der Waals surface area contributed by atoms with E-state index in [0.29, 0.717) is 28.8 Å².